The Morgan fingerprint density at radius 1 is 1.08 bits per heavy atom. The van der Waals surface area contributed by atoms with Crippen molar-refractivity contribution in [3.8, 4) is 0 Å². The minimum Gasteiger partial charge on any atom is -0.322 e. The summed E-state index contributed by atoms with van der Waals surface area (Å²) in [4.78, 5) is 12.8. The van der Waals surface area contributed by atoms with Crippen molar-refractivity contribution in [2.45, 2.75) is 19.0 Å². The monoisotopic (exact) mass is 333 g/mol. The van der Waals surface area contributed by atoms with E-state index >= 15 is 0 Å². The van der Waals surface area contributed by atoms with Crippen molar-refractivity contribution in [2.75, 3.05) is 18.4 Å². The van der Waals surface area contributed by atoms with Gasteiger partial charge < -0.3 is 16.0 Å². The number of para-hydroxylation sites is 1. The molecule has 3 aromatic rings. The van der Waals surface area contributed by atoms with Gasteiger partial charge in [-0.15, -0.1) is 0 Å². The zero-order chi connectivity index (χ0) is 16.8. The van der Waals surface area contributed by atoms with E-state index in [1.54, 1.807) is 0 Å². The molecule has 6 nitrogen and oxygen atoms in total. The number of amides is 1. The number of rotatable bonds is 3. The number of fused-ring (bicyclic) bond motifs is 2. The molecule has 4 N–H and O–H groups in total. The molecule has 3 heterocycles. The Morgan fingerprint density at radius 3 is 2.80 bits per heavy atom. The standard InChI is InChI=1S/C19H19N5O/c25-19(22-14-5-4-11-7-20-8-12(11)6-14)16-3-1-2-15-17(13-9-21-10-13)23-24-18(15)16/h1-6,13,20-21H,7-10H2,(H,22,25)(H,23,24). The molecule has 6 heteroatoms. The zero-order valence-corrected chi connectivity index (χ0v) is 13.7. The van der Waals surface area contributed by atoms with Crippen LogP contribution in [0, 0.1) is 0 Å². The van der Waals surface area contributed by atoms with Crippen molar-refractivity contribution in [1.82, 2.24) is 20.8 Å². The molecule has 0 saturated carbocycles. The molecule has 5 rings (SSSR count). The van der Waals surface area contributed by atoms with Gasteiger partial charge in [-0.05, 0) is 29.3 Å². The molecular weight excluding hydrogens is 314 g/mol. The Morgan fingerprint density at radius 2 is 1.96 bits per heavy atom. The average molecular weight is 333 g/mol. The average Bonchev–Trinajstić information content (AvgIpc) is 3.20. The maximum atomic E-state index is 12.8. The lowest BCUT2D eigenvalue weighted by Gasteiger charge is -2.26. The first-order chi connectivity index (χ1) is 12.3. The second kappa shape index (κ2) is 5.68. The van der Waals surface area contributed by atoms with Crippen LogP contribution in [0.1, 0.15) is 33.1 Å². The van der Waals surface area contributed by atoms with E-state index in [0.29, 0.717) is 11.5 Å². The third-order valence-corrected chi connectivity index (χ3v) is 5.14. The van der Waals surface area contributed by atoms with Gasteiger partial charge in [-0.3, -0.25) is 9.89 Å². The second-order valence-corrected chi connectivity index (χ2v) is 6.74. The van der Waals surface area contributed by atoms with Crippen LogP contribution < -0.4 is 16.0 Å². The topological polar surface area (TPSA) is 81.8 Å². The first kappa shape index (κ1) is 14.6. The SMILES string of the molecule is O=C(Nc1ccc2c(c1)CNC2)c1cccc2c(C3CNC3)[nH]nc12. The van der Waals surface area contributed by atoms with E-state index in [1.807, 2.05) is 30.3 Å². The van der Waals surface area contributed by atoms with Crippen molar-refractivity contribution in [2.24, 2.45) is 0 Å². The highest BCUT2D eigenvalue weighted by Crippen LogP contribution is 2.28. The highest BCUT2D eigenvalue weighted by atomic mass is 16.1. The fourth-order valence-electron chi connectivity index (χ4n) is 3.62. The number of carbonyl (C=O) groups excluding carboxylic acids is 1. The third kappa shape index (κ3) is 2.42. The highest BCUT2D eigenvalue weighted by molar-refractivity contribution is 6.12. The molecule has 1 amide bonds. The van der Waals surface area contributed by atoms with Crippen molar-refractivity contribution >= 4 is 22.5 Å². The fourth-order valence-corrected chi connectivity index (χ4v) is 3.62. The van der Waals surface area contributed by atoms with Crippen LogP contribution in [0.3, 0.4) is 0 Å². The first-order valence-corrected chi connectivity index (χ1v) is 8.61. The molecule has 0 aliphatic carbocycles. The van der Waals surface area contributed by atoms with Gasteiger partial charge >= 0.3 is 0 Å². The smallest absolute Gasteiger partial charge is 0.257 e. The number of hydrogen-bond acceptors (Lipinski definition) is 4. The molecule has 1 fully saturated rings. The molecule has 25 heavy (non-hydrogen) atoms. The van der Waals surface area contributed by atoms with E-state index in [1.165, 1.54) is 11.1 Å². The van der Waals surface area contributed by atoms with E-state index in [2.05, 4.69) is 32.2 Å². The van der Waals surface area contributed by atoms with E-state index in [4.69, 9.17) is 0 Å². The van der Waals surface area contributed by atoms with Crippen LogP contribution >= 0.6 is 0 Å². The van der Waals surface area contributed by atoms with Gasteiger partial charge in [0.25, 0.3) is 5.91 Å². The number of aromatic nitrogens is 2. The maximum Gasteiger partial charge on any atom is 0.257 e. The number of nitrogens with one attached hydrogen (secondary N) is 4. The molecule has 0 spiro atoms. The molecule has 1 saturated heterocycles. The number of hydrogen-bond donors (Lipinski definition) is 4. The fraction of sp³-hybridized carbons (Fsp3) is 0.263. The van der Waals surface area contributed by atoms with E-state index < -0.39 is 0 Å². The highest BCUT2D eigenvalue weighted by Gasteiger charge is 2.24. The molecule has 0 atom stereocenters. The van der Waals surface area contributed by atoms with Crippen LogP contribution in [0.2, 0.25) is 0 Å². The summed E-state index contributed by atoms with van der Waals surface area (Å²) < 4.78 is 0. The zero-order valence-electron chi connectivity index (χ0n) is 13.7. The van der Waals surface area contributed by atoms with Crippen LogP contribution in [0.15, 0.2) is 36.4 Å². The number of anilines is 1. The summed E-state index contributed by atoms with van der Waals surface area (Å²) in [5.41, 5.74) is 5.83. The third-order valence-electron chi connectivity index (χ3n) is 5.14. The van der Waals surface area contributed by atoms with Crippen LogP contribution in [0.25, 0.3) is 10.9 Å². The lowest BCUT2D eigenvalue weighted by Crippen LogP contribution is -2.40. The van der Waals surface area contributed by atoms with Crippen LogP contribution in [0.5, 0.6) is 0 Å². The van der Waals surface area contributed by atoms with E-state index in [9.17, 15) is 4.79 Å². The van der Waals surface area contributed by atoms with Gasteiger partial charge in [0.05, 0.1) is 5.56 Å². The predicted molar refractivity (Wildman–Crippen MR) is 96.6 cm³/mol. The maximum absolute atomic E-state index is 12.8. The Labute approximate surface area is 145 Å². The molecule has 2 aliphatic heterocycles. The van der Waals surface area contributed by atoms with Gasteiger partial charge in [-0.25, -0.2) is 0 Å². The Bertz CT molecular complexity index is 973. The summed E-state index contributed by atoms with van der Waals surface area (Å²) in [6.07, 6.45) is 0. The largest absolute Gasteiger partial charge is 0.322 e. The molecule has 2 aliphatic rings. The van der Waals surface area contributed by atoms with Crippen LogP contribution in [-0.2, 0) is 13.1 Å². The lowest BCUT2D eigenvalue weighted by atomic mass is 9.95. The molecule has 0 bridgehead atoms. The van der Waals surface area contributed by atoms with E-state index in [-0.39, 0.29) is 5.91 Å². The van der Waals surface area contributed by atoms with E-state index in [0.717, 1.165) is 48.5 Å². The molecule has 0 unspecified atom stereocenters. The van der Waals surface area contributed by atoms with Gasteiger partial charge in [0.2, 0.25) is 0 Å². The summed E-state index contributed by atoms with van der Waals surface area (Å²) in [7, 11) is 0. The van der Waals surface area contributed by atoms with Gasteiger partial charge in [0.1, 0.15) is 5.52 Å². The van der Waals surface area contributed by atoms with Gasteiger partial charge in [0, 0.05) is 48.9 Å². The summed E-state index contributed by atoms with van der Waals surface area (Å²) in [5.74, 6) is 0.328. The summed E-state index contributed by atoms with van der Waals surface area (Å²) >= 11 is 0. The number of nitrogens with zero attached hydrogens (tertiary/aromatic N) is 1. The molecule has 126 valence electrons. The predicted octanol–water partition coefficient (Wildman–Crippen LogP) is 2.11. The summed E-state index contributed by atoms with van der Waals surface area (Å²) in [6.45, 7) is 3.66. The van der Waals surface area contributed by atoms with Crippen molar-refractivity contribution in [3.05, 3.63) is 58.8 Å². The van der Waals surface area contributed by atoms with Crippen molar-refractivity contribution < 1.29 is 4.79 Å². The Kier molecular flexibility index (Phi) is 3.33. The second-order valence-electron chi connectivity index (χ2n) is 6.74. The molecule has 2 aromatic carbocycles. The van der Waals surface area contributed by atoms with Crippen molar-refractivity contribution in [1.29, 1.82) is 0 Å². The van der Waals surface area contributed by atoms with Crippen LogP contribution in [-0.4, -0.2) is 29.2 Å². The Hall–Kier alpha value is -2.70. The normalized spacial score (nSPS) is 16.6. The van der Waals surface area contributed by atoms with Gasteiger partial charge in [-0.2, -0.15) is 5.10 Å². The summed E-state index contributed by atoms with van der Waals surface area (Å²) in [5, 5.41) is 18.2. The first-order valence-electron chi connectivity index (χ1n) is 8.61. The van der Waals surface area contributed by atoms with Gasteiger partial charge in [0.15, 0.2) is 0 Å². The Balaban J connectivity index is 1.46. The molecular formula is C19H19N5O. The number of aromatic amines is 1. The van der Waals surface area contributed by atoms with Crippen molar-refractivity contribution in [3.63, 3.8) is 0 Å². The van der Waals surface area contributed by atoms with Crippen LogP contribution in [0.4, 0.5) is 5.69 Å². The number of benzene rings is 2. The lowest BCUT2D eigenvalue weighted by molar-refractivity contribution is 0.102. The number of carbonyl (C=O) groups is 1. The molecule has 1 aromatic heterocycles. The molecule has 0 radical (unpaired) electrons. The summed E-state index contributed by atoms with van der Waals surface area (Å²) in [6, 6.07) is 11.9. The quantitative estimate of drug-likeness (QED) is 0.592. The minimum atomic E-state index is -0.124. The van der Waals surface area contributed by atoms with Gasteiger partial charge in [-0.1, -0.05) is 18.2 Å². The number of H-pyrrole nitrogens is 1. The minimum absolute atomic E-state index is 0.124.